The van der Waals surface area contributed by atoms with Crippen LogP contribution in [0.15, 0.2) is 35.3 Å². The average Bonchev–Trinajstić information content (AvgIpc) is 2.52. The summed E-state index contributed by atoms with van der Waals surface area (Å²) >= 11 is 0. The highest BCUT2D eigenvalue weighted by Gasteiger charge is 2.04. The number of para-hydroxylation sites is 1. The normalized spacial score (nSPS) is 12.8. The highest BCUT2D eigenvalue weighted by Crippen LogP contribution is 2.10. The summed E-state index contributed by atoms with van der Waals surface area (Å²) in [6.45, 7) is 7.46. The van der Waals surface area contributed by atoms with Gasteiger partial charge in [0, 0.05) is 45.5 Å². The number of methoxy groups -OCH3 is 1. The van der Waals surface area contributed by atoms with Crippen LogP contribution in [0.5, 0.6) is 0 Å². The lowest BCUT2D eigenvalue weighted by molar-refractivity contribution is 0.179. The molecule has 0 saturated heterocycles. The van der Waals surface area contributed by atoms with Crippen LogP contribution in [-0.2, 0) is 4.74 Å². The summed E-state index contributed by atoms with van der Waals surface area (Å²) in [4.78, 5) is 6.87. The Bertz CT molecular complexity index is 422. The summed E-state index contributed by atoms with van der Waals surface area (Å²) in [6, 6.07) is 10.7. The van der Waals surface area contributed by atoms with Crippen LogP contribution >= 0.6 is 0 Å². The van der Waals surface area contributed by atoms with Crippen LogP contribution in [0.2, 0.25) is 0 Å². The molecule has 5 heteroatoms. The fourth-order valence-electron chi connectivity index (χ4n) is 2.16. The molecule has 0 fully saturated rings. The maximum Gasteiger partial charge on any atom is 0.191 e. The quantitative estimate of drug-likeness (QED) is 0.417. The van der Waals surface area contributed by atoms with Crippen LogP contribution in [0.3, 0.4) is 0 Å². The summed E-state index contributed by atoms with van der Waals surface area (Å²) in [6.07, 6.45) is 1.01. The zero-order valence-corrected chi connectivity index (χ0v) is 14.3. The average molecular weight is 306 g/mol. The Morgan fingerprint density at radius 1 is 1.32 bits per heavy atom. The first-order valence-electron chi connectivity index (χ1n) is 7.97. The molecule has 124 valence electrons. The summed E-state index contributed by atoms with van der Waals surface area (Å²) in [5.41, 5.74) is 1.24. The molecule has 5 nitrogen and oxygen atoms in total. The van der Waals surface area contributed by atoms with Gasteiger partial charge in [0.15, 0.2) is 5.96 Å². The minimum Gasteiger partial charge on any atom is -0.383 e. The molecule has 1 rings (SSSR count). The second-order valence-electron chi connectivity index (χ2n) is 5.37. The van der Waals surface area contributed by atoms with Crippen molar-refractivity contribution in [2.24, 2.45) is 4.99 Å². The van der Waals surface area contributed by atoms with Crippen LogP contribution in [0, 0.1) is 0 Å². The molecule has 0 spiro atoms. The highest BCUT2D eigenvalue weighted by atomic mass is 16.5. The number of ether oxygens (including phenoxy) is 1. The van der Waals surface area contributed by atoms with Gasteiger partial charge >= 0.3 is 0 Å². The molecule has 0 saturated carbocycles. The summed E-state index contributed by atoms with van der Waals surface area (Å²) < 4.78 is 5.14. The van der Waals surface area contributed by atoms with E-state index in [0.29, 0.717) is 6.61 Å². The van der Waals surface area contributed by atoms with E-state index in [2.05, 4.69) is 65.7 Å². The second-order valence-corrected chi connectivity index (χ2v) is 5.37. The number of hydrogen-bond donors (Lipinski definition) is 2. The van der Waals surface area contributed by atoms with E-state index in [9.17, 15) is 0 Å². The Morgan fingerprint density at radius 2 is 2.05 bits per heavy atom. The Morgan fingerprint density at radius 3 is 2.68 bits per heavy atom. The van der Waals surface area contributed by atoms with Gasteiger partial charge in [-0.15, -0.1) is 0 Å². The molecule has 0 heterocycles. The number of guanidine groups is 1. The molecule has 0 bridgehead atoms. The van der Waals surface area contributed by atoms with E-state index in [1.807, 2.05) is 6.07 Å². The van der Waals surface area contributed by atoms with Gasteiger partial charge < -0.3 is 20.3 Å². The lowest BCUT2D eigenvalue weighted by Crippen LogP contribution is -2.44. The van der Waals surface area contributed by atoms with E-state index in [1.54, 1.807) is 7.11 Å². The molecule has 1 aromatic carbocycles. The molecule has 22 heavy (non-hydrogen) atoms. The first kappa shape index (κ1) is 18.3. The van der Waals surface area contributed by atoms with Crippen LogP contribution in [-0.4, -0.2) is 52.4 Å². The van der Waals surface area contributed by atoms with Gasteiger partial charge in [0.25, 0.3) is 0 Å². The minimum atomic E-state index is 0.245. The van der Waals surface area contributed by atoms with E-state index >= 15 is 0 Å². The van der Waals surface area contributed by atoms with Gasteiger partial charge in [-0.25, -0.2) is 0 Å². The molecular formula is C17H30N4O. The number of anilines is 1. The van der Waals surface area contributed by atoms with E-state index < -0.39 is 0 Å². The zero-order valence-electron chi connectivity index (χ0n) is 14.3. The summed E-state index contributed by atoms with van der Waals surface area (Å²) in [5, 5.41) is 6.60. The van der Waals surface area contributed by atoms with Gasteiger partial charge in [0.05, 0.1) is 6.61 Å². The van der Waals surface area contributed by atoms with Crippen molar-refractivity contribution in [1.29, 1.82) is 0 Å². The number of hydrogen-bond acceptors (Lipinski definition) is 3. The first-order chi connectivity index (χ1) is 10.7. The smallest absolute Gasteiger partial charge is 0.191 e. The molecule has 0 aromatic heterocycles. The molecule has 0 amide bonds. The van der Waals surface area contributed by atoms with Crippen molar-refractivity contribution in [3.63, 3.8) is 0 Å². The van der Waals surface area contributed by atoms with Gasteiger partial charge in [0.1, 0.15) is 0 Å². The summed E-state index contributed by atoms with van der Waals surface area (Å²) in [7, 11) is 3.82. The van der Waals surface area contributed by atoms with E-state index in [1.165, 1.54) is 5.69 Å². The highest BCUT2D eigenvalue weighted by molar-refractivity contribution is 5.80. The SMILES string of the molecule is CCNC(=NCCCN(C)c1ccccc1)NC(C)COC. The monoisotopic (exact) mass is 306 g/mol. The van der Waals surface area contributed by atoms with Gasteiger partial charge in [-0.05, 0) is 32.4 Å². The Balaban J connectivity index is 2.37. The van der Waals surface area contributed by atoms with Crippen molar-refractivity contribution >= 4 is 11.6 Å². The topological polar surface area (TPSA) is 48.9 Å². The lowest BCUT2D eigenvalue weighted by Gasteiger charge is -2.19. The van der Waals surface area contributed by atoms with Crippen molar-refractivity contribution in [3.8, 4) is 0 Å². The van der Waals surface area contributed by atoms with Crippen molar-refractivity contribution in [1.82, 2.24) is 10.6 Å². The molecule has 0 aliphatic carbocycles. The molecule has 0 radical (unpaired) electrons. The maximum atomic E-state index is 5.14. The molecule has 0 aliphatic rings. The third kappa shape index (κ3) is 7.31. The van der Waals surface area contributed by atoms with Crippen LogP contribution < -0.4 is 15.5 Å². The molecule has 1 atom stereocenters. The lowest BCUT2D eigenvalue weighted by atomic mass is 10.3. The Kier molecular flexibility index (Phi) is 9.07. The number of benzene rings is 1. The maximum absolute atomic E-state index is 5.14. The Hall–Kier alpha value is -1.75. The van der Waals surface area contributed by atoms with Crippen LogP contribution in [0.1, 0.15) is 20.3 Å². The first-order valence-corrected chi connectivity index (χ1v) is 7.97. The van der Waals surface area contributed by atoms with Gasteiger partial charge in [-0.2, -0.15) is 0 Å². The number of aliphatic imine (C=N–C) groups is 1. The number of nitrogens with one attached hydrogen (secondary N) is 2. The predicted molar refractivity (Wildman–Crippen MR) is 94.8 cm³/mol. The van der Waals surface area contributed by atoms with Crippen molar-refractivity contribution in [2.45, 2.75) is 26.3 Å². The molecule has 1 unspecified atom stereocenters. The van der Waals surface area contributed by atoms with Crippen molar-refractivity contribution < 1.29 is 4.74 Å². The van der Waals surface area contributed by atoms with Crippen LogP contribution in [0.4, 0.5) is 5.69 Å². The van der Waals surface area contributed by atoms with E-state index in [0.717, 1.165) is 32.0 Å². The standard InChI is InChI=1S/C17H30N4O/c1-5-18-17(20-15(2)14-22-4)19-12-9-13-21(3)16-10-7-6-8-11-16/h6-8,10-11,15H,5,9,12-14H2,1-4H3,(H2,18,19,20). The van der Waals surface area contributed by atoms with Gasteiger partial charge in [-0.1, -0.05) is 18.2 Å². The fourth-order valence-corrected chi connectivity index (χ4v) is 2.16. The summed E-state index contributed by atoms with van der Waals surface area (Å²) in [5.74, 6) is 0.856. The number of rotatable bonds is 9. The molecule has 1 aromatic rings. The largest absolute Gasteiger partial charge is 0.383 e. The van der Waals surface area contributed by atoms with Crippen molar-refractivity contribution in [2.75, 3.05) is 45.3 Å². The third-order valence-electron chi connectivity index (χ3n) is 3.26. The van der Waals surface area contributed by atoms with Crippen molar-refractivity contribution in [3.05, 3.63) is 30.3 Å². The molecule has 0 aliphatic heterocycles. The van der Waals surface area contributed by atoms with Gasteiger partial charge in [0.2, 0.25) is 0 Å². The van der Waals surface area contributed by atoms with E-state index in [-0.39, 0.29) is 6.04 Å². The van der Waals surface area contributed by atoms with Gasteiger partial charge in [-0.3, -0.25) is 4.99 Å². The van der Waals surface area contributed by atoms with Crippen LogP contribution in [0.25, 0.3) is 0 Å². The zero-order chi connectivity index (χ0) is 16.2. The minimum absolute atomic E-state index is 0.245. The third-order valence-corrected chi connectivity index (χ3v) is 3.26. The van der Waals surface area contributed by atoms with E-state index in [4.69, 9.17) is 4.74 Å². The Labute approximate surface area is 134 Å². The second kappa shape index (κ2) is 10.9. The fraction of sp³-hybridized carbons (Fsp3) is 0.588. The molecular weight excluding hydrogens is 276 g/mol. The number of nitrogens with zero attached hydrogens (tertiary/aromatic N) is 2. The molecule has 2 N–H and O–H groups in total. The predicted octanol–water partition coefficient (Wildman–Crippen LogP) is 2.10.